The first-order valence-electron chi connectivity index (χ1n) is 10.4. The van der Waals surface area contributed by atoms with E-state index in [4.69, 9.17) is 0 Å². The number of rotatable bonds is 7. The monoisotopic (exact) mass is 477 g/mol. The largest absolute Gasteiger partial charge is 0.508 e. The Balaban J connectivity index is 1.70. The number of carbonyl (C=O) groups excluding carboxylic acids is 3. The van der Waals surface area contributed by atoms with Crippen LogP contribution in [0.15, 0.2) is 72.8 Å². The molecule has 0 unspecified atom stereocenters. The minimum absolute atomic E-state index is 0.0359. The fourth-order valence-corrected chi connectivity index (χ4v) is 3.05. The van der Waals surface area contributed by atoms with Gasteiger partial charge in [-0.25, -0.2) is 0 Å². The molecule has 0 aliphatic heterocycles. The van der Waals surface area contributed by atoms with Crippen LogP contribution in [0.25, 0.3) is 6.08 Å². The summed E-state index contributed by atoms with van der Waals surface area (Å²) in [4.78, 5) is 37.5. The highest BCUT2D eigenvalue weighted by Crippen LogP contribution is 2.25. The van der Waals surface area contributed by atoms with Crippen molar-refractivity contribution in [3.63, 3.8) is 0 Å². The molecule has 0 saturated heterocycles. The smallest absolute Gasteiger partial charge is 0.273 e. The SMILES string of the molecule is O=C(/C=C/c1ccc(O)c(O)c1)N[C@@H](Cc1ccc(O)cc1)C(=O)NNC(=O)c1ccccc1O. The van der Waals surface area contributed by atoms with Crippen LogP contribution < -0.4 is 16.2 Å². The van der Waals surface area contributed by atoms with Gasteiger partial charge < -0.3 is 25.7 Å². The van der Waals surface area contributed by atoms with Gasteiger partial charge in [-0.05, 0) is 53.6 Å². The van der Waals surface area contributed by atoms with Gasteiger partial charge in [0.25, 0.3) is 11.8 Å². The fraction of sp³-hybridized carbons (Fsp3) is 0.0800. The van der Waals surface area contributed by atoms with Gasteiger partial charge in [-0.3, -0.25) is 25.2 Å². The quantitative estimate of drug-likeness (QED) is 0.154. The maximum Gasteiger partial charge on any atom is 0.273 e. The highest BCUT2D eigenvalue weighted by atomic mass is 16.3. The van der Waals surface area contributed by atoms with E-state index in [1.807, 2.05) is 0 Å². The molecule has 0 aliphatic carbocycles. The lowest BCUT2D eigenvalue weighted by Crippen LogP contribution is -2.53. The van der Waals surface area contributed by atoms with Gasteiger partial charge in [-0.15, -0.1) is 0 Å². The van der Waals surface area contributed by atoms with Crippen LogP contribution in [0.3, 0.4) is 0 Å². The summed E-state index contributed by atoms with van der Waals surface area (Å²) >= 11 is 0. The van der Waals surface area contributed by atoms with Crippen LogP contribution in [0.2, 0.25) is 0 Å². The van der Waals surface area contributed by atoms with Gasteiger partial charge in [0.15, 0.2) is 11.5 Å². The average molecular weight is 477 g/mol. The minimum atomic E-state index is -1.12. The summed E-state index contributed by atoms with van der Waals surface area (Å²) in [6.45, 7) is 0. The summed E-state index contributed by atoms with van der Waals surface area (Å²) in [5, 5.41) is 40.7. The summed E-state index contributed by atoms with van der Waals surface area (Å²) < 4.78 is 0. The molecule has 7 N–H and O–H groups in total. The number of benzene rings is 3. The van der Waals surface area contributed by atoms with Gasteiger partial charge >= 0.3 is 0 Å². The number of phenolic OH excluding ortho intramolecular Hbond substituents is 4. The Labute approximate surface area is 200 Å². The van der Waals surface area contributed by atoms with Crippen molar-refractivity contribution in [3.05, 3.63) is 89.5 Å². The molecular formula is C25H23N3O7. The Kier molecular flexibility index (Phi) is 7.91. The molecule has 3 aromatic rings. The second-order valence-electron chi connectivity index (χ2n) is 7.47. The number of aromatic hydroxyl groups is 4. The number of carbonyl (C=O) groups is 3. The molecular weight excluding hydrogens is 454 g/mol. The van der Waals surface area contributed by atoms with Gasteiger partial charge in [0.2, 0.25) is 5.91 Å². The van der Waals surface area contributed by atoms with E-state index in [1.54, 1.807) is 24.3 Å². The molecule has 0 aromatic heterocycles. The van der Waals surface area contributed by atoms with E-state index in [1.165, 1.54) is 48.5 Å². The van der Waals surface area contributed by atoms with Crippen LogP contribution >= 0.6 is 0 Å². The zero-order valence-electron chi connectivity index (χ0n) is 18.3. The molecule has 0 fully saturated rings. The molecule has 180 valence electrons. The van der Waals surface area contributed by atoms with Crippen LogP contribution in [-0.2, 0) is 16.0 Å². The number of phenols is 4. The second-order valence-corrected chi connectivity index (χ2v) is 7.47. The third-order valence-electron chi connectivity index (χ3n) is 4.88. The molecule has 3 aromatic carbocycles. The fourth-order valence-electron chi connectivity index (χ4n) is 3.05. The number of para-hydroxylation sites is 1. The minimum Gasteiger partial charge on any atom is -0.508 e. The molecule has 10 heteroatoms. The maximum atomic E-state index is 12.8. The Morgan fingerprint density at radius 3 is 2.20 bits per heavy atom. The van der Waals surface area contributed by atoms with E-state index >= 15 is 0 Å². The zero-order chi connectivity index (χ0) is 25.4. The van der Waals surface area contributed by atoms with Crippen molar-refractivity contribution in [2.45, 2.75) is 12.5 Å². The number of hydrogen-bond acceptors (Lipinski definition) is 7. The third kappa shape index (κ3) is 6.99. The van der Waals surface area contributed by atoms with Crippen molar-refractivity contribution < 1.29 is 34.8 Å². The van der Waals surface area contributed by atoms with E-state index in [-0.39, 0.29) is 35.0 Å². The molecule has 0 aliphatic rings. The number of nitrogens with one attached hydrogen (secondary N) is 3. The van der Waals surface area contributed by atoms with Gasteiger partial charge in [-0.1, -0.05) is 30.3 Å². The first-order valence-corrected chi connectivity index (χ1v) is 10.4. The molecule has 1 atom stereocenters. The molecule has 0 bridgehead atoms. The van der Waals surface area contributed by atoms with E-state index < -0.39 is 23.8 Å². The first kappa shape index (κ1) is 24.6. The van der Waals surface area contributed by atoms with Gasteiger partial charge in [-0.2, -0.15) is 0 Å². The summed E-state index contributed by atoms with van der Waals surface area (Å²) in [6, 6.07) is 14.7. The molecule has 0 radical (unpaired) electrons. The summed E-state index contributed by atoms with van der Waals surface area (Å²) in [5.41, 5.74) is 5.45. The number of amides is 3. The predicted octanol–water partition coefficient (Wildman–Crippen LogP) is 1.71. The zero-order valence-corrected chi connectivity index (χ0v) is 18.3. The molecule has 0 spiro atoms. The van der Waals surface area contributed by atoms with Crippen molar-refractivity contribution in [1.82, 2.24) is 16.2 Å². The highest BCUT2D eigenvalue weighted by Gasteiger charge is 2.22. The molecule has 10 nitrogen and oxygen atoms in total. The van der Waals surface area contributed by atoms with Crippen LogP contribution in [0.1, 0.15) is 21.5 Å². The maximum absolute atomic E-state index is 12.8. The van der Waals surface area contributed by atoms with Crippen LogP contribution in [0.4, 0.5) is 0 Å². The lowest BCUT2D eigenvalue weighted by molar-refractivity contribution is -0.127. The standard InChI is InChI=1S/C25H23N3O7/c29-17-9-5-15(6-10-17)13-19(25(35)28-27-24(34)18-3-1-2-4-20(18)30)26-23(33)12-8-16-7-11-21(31)22(32)14-16/h1-12,14,19,29-32H,13H2,(H,26,33)(H,27,34)(H,28,35)/b12-8+/t19-/m0/s1. The summed E-state index contributed by atoms with van der Waals surface area (Å²) in [6.07, 6.45) is 2.56. The van der Waals surface area contributed by atoms with Gasteiger partial charge in [0, 0.05) is 12.5 Å². The van der Waals surface area contributed by atoms with E-state index in [0.717, 1.165) is 6.08 Å². The predicted molar refractivity (Wildman–Crippen MR) is 126 cm³/mol. The van der Waals surface area contributed by atoms with Crippen molar-refractivity contribution in [1.29, 1.82) is 0 Å². The van der Waals surface area contributed by atoms with Crippen molar-refractivity contribution in [2.24, 2.45) is 0 Å². The molecule has 3 rings (SSSR count). The molecule has 3 amide bonds. The van der Waals surface area contributed by atoms with Crippen LogP contribution in [0, 0.1) is 0 Å². The lowest BCUT2D eigenvalue weighted by Gasteiger charge is -2.18. The number of hydrogen-bond donors (Lipinski definition) is 7. The summed E-state index contributed by atoms with van der Waals surface area (Å²) in [5.74, 6) is -3.00. The Bertz CT molecular complexity index is 1260. The van der Waals surface area contributed by atoms with E-state index in [2.05, 4.69) is 16.2 Å². The van der Waals surface area contributed by atoms with Gasteiger partial charge in [0.05, 0.1) is 5.56 Å². The van der Waals surface area contributed by atoms with Gasteiger partial charge in [0.1, 0.15) is 17.5 Å². The van der Waals surface area contributed by atoms with E-state index in [0.29, 0.717) is 11.1 Å². The van der Waals surface area contributed by atoms with Crippen LogP contribution in [-0.4, -0.2) is 44.2 Å². The Morgan fingerprint density at radius 1 is 0.800 bits per heavy atom. The van der Waals surface area contributed by atoms with Crippen molar-refractivity contribution >= 4 is 23.8 Å². The number of hydrazine groups is 1. The first-order chi connectivity index (χ1) is 16.7. The molecule has 0 heterocycles. The summed E-state index contributed by atoms with van der Waals surface area (Å²) in [7, 11) is 0. The van der Waals surface area contributed by atoms with Crippen molar-refractivity contribution in [3.8, 4) is 23.0 Å². The third-order valence-corrected chi connectivity index (χ3v) is 4.88. The van der Waals surface area contributed by atoms with Crippen LogP contribution in [0.5, 0.6) is 23.0 Å². The topological polar surface area (TPSA) is 168 Å². The highest BCUT2D eigenvalue weighted by molar-refractivity contribution is 5.99. The Hall–Kier alpha value is -4.99. The average Bonchev–Trinajstić information content (AvgIpc) is 2.84. The lowest BCUT2D eigenvalue weighted by atomic mass is 10.0. The van der Waals surface area contributed by atoms with E-state index in [9.17, 15) is 34.8 Å². The molecule has 35 heavy (non-hydrogen) atoms. The normalized spacial score (nSPS) is 11.5. The second kappa shape index (κ2) is 11.2. The Morgan fingerprint density at radius 2 is 1.51 bits per heavy atom. The molecule has 0 saturated carbocycles. The van der Waals surface area contributed by atoms with Crippen molar-refractivity contribution in [2.75, 3.05) is 0 Å².